The van der Waals surface area contributed by atoms with Crippen LogP contribution in [0.25, 0.3) is 130 Å². The van der Waals surface area contributed by atoms with E-state index in [0.29, 0.717) is 23.0 Å². The van der Waals surface area contributed by atoms with Gasteiger partial charge < -0.3 is 14.0 Å². The van der Waals surface area contributed by atoms with E-state index in [9.17, 15) is 0 Å². The minimum Gasteiger partial charge on any atom is -0.340 e. The third-order valence-corrected chi connectivity index (χ3v) is 19.1. The number of nitrogens with zero attached hydrogens (tertiary/aromatic N) is 4. The number of para-hydroxylation sites is 1. The number of aromatic nitrogens is 2. The Hall–Kier alpha value is -9.00. The van der Waals surface area contributed by atoms with Crippen LogP contribution in [0.4, 0.5) is 22.7 Å². The van der Waals surface area contributed by atoms with Crippen molar-refractivity contribution < 1.29 is 9.59 Å². The molecule has 3 heterocycles. The summed E-state index contributed by atoms with van der Waals surface area (Å²) in [7, 11) is 0. The fraction of sp³-hybridized carbons (Fsp3) is 0.211. The number of benzene rings is 14. The van der Waals surface area contributed by atoms with Crippen molar-refractivity contribution in [2.24, 2.45) is 11.8 Å². The van der Waals surface area contributed by atoms with E-state index in [4.69, 9.17) is 0 Å². The number of hydrogen-bond acceptors (Lipinski definition) is 3. The van der Waals surface area contributed by atoms with Crippen LogP contribution in [-0.4, -0.2) is 20.9 Å². The highest BCUT2D eigenvalue weighted by molar-refractivity contribution is 6.53. The predicted octanol–water partition coefficient (Wildman–Crippen LogP) is 20.8. The van der Waals surface area contributed by atoms with Crippen LogP contribution in [0, 0.1) is 25.7 Å². The van der Waals surface area contributed by atoms with E-state index >= 15 is 9.59 Å². The highest BCUT2D eigenvalue weighted by atomic mass is 16.2. The molecule has 0 aliphatic carbocycles. The first-order chi connectivity index (χ1) is 39.7. The first-order valence-corrected chi connectivity index (χ1v) is 29.7. The van der Waals surface area contributed by atoms with Gasteiger partial charge in [0.25, 0.3) is 11.8 Å². The zero-order chi connectivity index (χ0) is 55.8. The molecule has 0 radical (unpaired) electrons. The highest BCUT2D eigenvalue weighted by Crippen LogP contribution is 2.58. The van der Waals surface area contributed by atoms with Gasteiger partial charge in [-0.2, -0.15) is 0 Å². The van der Waals surface area contributed by atoms with Crippen LogP contribution in [0.5, 0.6) is 0 Å². The van der Waals surface area contributed by atoms with Crippen molar-refractivity contribution in [2.75, 3.05) is 9.80 Å². The number of imide groups is 1. The lowest BCUT2D eigenvalue weighted by Gasteiger charge is -2.32. The molecule has 17 rings (SSSR count). The minimum atomic E-state index is -0.258. The first-order valence-electron chi connectivity index (χ1n) is 29.7. The van der Waals surface area contributed by atoms with Gasteiger partial charge in [0.2, 0.25) is 0 Å². The number of rotatable bonds is 10. The summed E-state index contributed by atoms with van der Waals surface area (Å²) < 4.78 is 5.33. The Morgan fingerprint density at radius 2 is 0.756 bits per heavy atom. The Morgan fingerprint density at radius 3 is 1.23 bits per heavy atom. The van der Waals surface area contributed by atoms with Crippen LogP contribution < -0.4 is 9.80 Å². The summed E-state index contributed by atoms with van der Waals surface area (Å²) in [4.78, 5) is 34.4. The number of hydrogen-bond donors (Lipinski definition) is 0. The van der Waals surface area contributed by atoms with Gasteiger partial charge in [-0.1, -0.05) is 151 Å². The third-order valence-electron chi connectivity index (χ3n) is 19.1. The summed E-state index contributed by atoms with van der Waals surface area (Å²) in [6.45, 7) is 24.1. The van der Waals surface area contributed by atoms with Crippen LogP contribution in [0.1, 0.15) is 110 Å². The minimum absolute atomic E-state index is 0.116. The number of amides is 2. The molecule has 82 heavy (non-hydrogen) atoms. The summed E-state index contributed by atoms with van der Waals surface area (Å²) in [5, 5.41) is 24.5. The van der Waals surface area contributed by atoms with Crippen molar-refractivity contribution in [1.29, 1.82) is 0 Å². The van der Waals surface area contributed by atoms with E-state index < -0.39 is 0 Å². The lowest BCUT2D eigenvalue weighted by Crippen LogP contribution is -2.41. The van der Waals surface area contributed by atoms with Crippen LogP contribution >= 0.6 is 0 Å². The number of carbonyl (C=O) groups excluding carboxylic acids is 2. The van der Waals surface area contributed by atoms with Gasteiger partial charge in [0.15, 0.2) is 0 Å². The Balaban J connectivity index is 0.990. The van der Waals surface area contributed by atoms with Gasteiger partial charge in [-0.3, -0.25) is 9.59 Å². The number of aryl methyl sites for hydroxylation is 2. The first kappa shape index (κ1) is 47.8. The van der Waals surface area contributed by atoms with E-state index in [1.807, 2.05) is 12.1 Å². The second-order valence-electron chi connectivity index (χ2n) is 25.8. The van der Waals surface area contributed by atoms with Gasteiger partial charge in [-0.15, -0.1) is 0 Å². The summed E-state index contributed by atoms with van der Waals surface area (Å²) in [6, 6.07) is 54.6. The van der Waals surface area contributed by atoms with E-state index in [2.05, 4.69) is 217 Å². The smallest absolute Gasteiger partial charge is 0.266 e. The van der Waals surface area contributed by atoms with E-state index in [1.165, 1.54) is 119 Å². The molecule has 0 saturated heterocycles. The molecule has 16 aromatic rings. The molecular weight excluding hydrogens is 1000 g/mol. The maximum absolute atomic E-state index is 15.2. The molecule has 2 aromatic heterocycles. The molecule has 398 valence electrons. The molecule has 6 heteroatoms. The SMILES string of the molecule is Cc1ccc(N(c2ccc(C)cc2)c2cc3c4c5c2ccc2c5c5c6c7c(cc5n2CC(C)C)c2ccc5c8ccc9c%10c(ccc(c%11ccc(c7cc(c64)n3CC(C)C)c2c5%11)c%108)C(=O)N(c2c(C(C)C)cccc2C(C)C)C9=O)cc1. The van der Waals surface area contributed by atoms with Crippen molar-refractivity contribution in [3.8, 4) is 0 Å². The van der Waals surface area contributed by atoms with Gasteiger partial charge in [0, 0.05) is 84.2 Å². The zero-order valence-corrected chi connectivity index (χ0v) is 48.2. The van der Waals surface area contributed by atoms with Crippen LogP contribution in [0.2, 0.25) is 0 Å². The van der Waals surface area contributed by atoms with Gasteiger partial charge in [0.05, 0.1) is 27.9 Å². The Bertz CT molecular complexity index is 5240. The van der Waals surface area contributed by atoms with E-state index in [1.54, 1.807) is 0 Å². The van der Waals surface area contributed by atoms with Crippen molar-refractivity contribution >= 4 is 164 Å². The van der Waals surface area contributed by atoms with E-state index in [-0.39, 0.29) is 23.7 Å². The molecule has 1 aliphatic rings. The average Bonchev–Trinajstić information content (AvgIpc) is 1.57. The summed E-state index contributed by atoms with van der Waals surface area (Å²) in [6.07, 6.45) is 0. The Kier molecular flexibility index (Phi) is 9.53. The normalized spacial score (nSPS) is 13.8. The Morgan fingerprint density at radius 1 is 0.366 bits per heavy atom. The molecule has 0 atom stereocenters. The predicted molar refractivity (Wildman–Crippen MR) is 348 cm³/mol. The third kappa shape index (κ3) is 5.94. The number of anilines is 4. The van der Waals surface area contributed by atoms with Crippen molar-refractivity contribution in [2.45, 2.75) is 94.2 Å². The molecule has 6 nitrogen and oxygen atoms in total. The Labute approximate surface area is 475 Å². The lowest BCUT2D eigenvalue weighted by atomic mass is 9.80. The second kappa shape index (κ2) is 16.3. The maximum Gasteiger partial charge on any atom is 0.266 e. The molecular formula is C76H62N4O2. The van der Waals surface area contributed by atoms with Gasteiger partial charge in [-0.05, 0) is 174 Å². The molecule has 0 fully saturated rings. The van der Waals surface area contributed by atoms with Crippen LogP contribution in [-0.2, 0) is 13.1 Å². The lowest BCUT2D eigenvalue weighted by molar-refractivity contribution is 0.0893. The standard InChI is InChI=1S/C76H62N4O2/c1-37(2)35-77-58-31-30-53-59(79(43-18-14-41(9)15-19-43)44-20-16-42(10)17-21-44)34-62-70-68(53)69(58)71-60(77)32-56-51-24-22-47-49-26-28-54-66-55(76(82)80(75(54)81)74-45(39(5)6)12-11-13-46(74)40(7)8)29-27-50(64(49)66)48-23-25-52(65(51)63(47)48)57-33-61(78(62)36-38(3)4)72(70)73(71)67(56)57/h11-34,37-40H,35-36H2,1-10H3. The molecule has 1 aliphatic heterocycles. The quantitative estimate of drug-likeness (QED) is 0.0779. The van der Waals surface area contributed by atoms with Crippen molar-refractivity contribution in [3.63, 3.8) is 0 Å². The summed E-state index contributed by atoms with van der Waals surface area (Å²) in [5.74, 6) is 0.515. The second-order valence-corrected chi connectivity index (χ2v) is 25.8. The largest absolute Gasteiger partial charge is 0.340 e. The van der Waals surface area contributed by atoms with Gasteiger partial charge in [-0.25, -0.2) is 4.90 Å². The van der Waals surface area contributed by atoms with Gasteiger partial charge >= 0.3 is 0 Å². The topological polar surface area (TPSA) is 50.5 Å². The molecule has 2 amide bonds. The monoisotopic (exact) mass is 1060 g/mol. The average molecular weight is 1060 g/mol. The summed E-state index contributed by atoms with van der Waals surface area (Å²) >= 11 is 0. The molecule has 0 unspecified atom stereocenters. The van der Waals surface area contributed by atoms with E-state index in [0.717, 1.165) is 73.6 Å². The fourth-order valence-corrected chi connectivity index (χ4v) is 15.8. The molecule has 14 aromatic carbocycles. The zero-order valence-electron chi connectivity index (χ0n) is 48.2. The number of carbonyl (C=O) groups is 2. The van der Waals surface area contributed by atoms with Crippen molar-refractivity contribution in [3.05, 3.63) is 179 Å². The number of fused-ring (bicyclic) bond motifs is 4. The molecule has 0 N–H and O–H groups in total. The highest BCUT2D eigenvalue weighted by Gasteiger charge is 2.39. The molecule has 0 saturated carbocycles. The fourth-order valence-electron chi connectivity index (χ4n) is 15.8. The van der Waals surface area contributed by atoms with Crippen LogP contribution in [0.15, 0.2) is 146 Å². The van der Waals surface area contributed by atoms with Gasteiger partial charge in [0.1, 0.15) is 0 Å². The molecule has 0 bridgehead atoms. The van der Waals surface area contributed by atoms with Crippen LogP contribution in [0.3, 0.4) is 0 Å². The maximum atomic E-state index is 15.2. The molecule has 0 spiro atoms. The van der Waals surface area contributed by atoms with Crippen molar-refractivity contribution in [1.82, 2.24) is 9.13 Å². The summed E-state index contributed by atoms with van der Waals surface area (Å²) in [5.41, 5.74) is 15.0.